The molecule has 0 saturated carbocycles. The average Bonchev–Trinajstić information content (AvgIpc) is 1.98. The van der Waals surface area contributed by atoms with Gasteiger partial charge in [0.1, 0.15) is 0 Å². The zero-order valence-corrected chi connectivity index (χ0v) is 8.29. The van der Waals surface area contributed by atoms with Crippen molar-refractivity contribution in [1.82, 2.24) is 4.90 Å². The summed E-state index contributed by atoms with van der Waals surface area (Å²) in [5.74, 6) is 0.649. The van der Waals surface area contributed by atoms with Crippen LogP contribution in [0.2, 0.25) is 0 Å². The third kappa shape index (κ3) is 8.39. The summed E-state index contributed by atoms with van der Waals surface area (Å²) in [6.07, 6.45) is -2.34. The summed E-state index contributed by atoms with van der Waals surface area (Å²) in [7, 11) is 0. The highest BCUT2D eigenvalue weighted by Crippen LogP contribution is 2.16. The van der Waals surface area contributed by atoms with Crippen LogP contribution in [0.25, 0.3) is 0 Å². The number of rotatable bonds is 6. The van der Waals surface area contributed by atoms with Gasteiger partial charge in [0, 0.05) is 18.8 Å². The highest BCUT2D eigenvalue weighted by Gasteiger charge is 2.30. The maximum absolute atomic E-state index is 11.9. The fourth-order valence-corrected chi connectivity index (χ4v) is 1.33. The van der Waals surface area contributed by atoms with Gasteiger partial charge >= 0.3 is 6.18 Å². The van der Waals surface area contributed by atoms with Crippen molar-refractivity contribution in [1.29, 1.82) is 0 Å². The van der Waals surface area contributed by atoms with Crippen LogP contribution in [-0.2, 0) is 0 Å². The quantitative estimate of drug-likeness (QED) is 0.723. The second-order valence-electron chi connectivity index (χ2n) is 2.61. The summed E-state index contributed by atoms with van der Waals surface area (Å²) in [4.78, 5) is 1.20. The zero-order chi connectivity index (χ0) is 10.3. The van der Waals surface area contributed by atoms with E-state index in [-0.39, 0.29) is 13.2 Å². The third-order valence-electron chi connectivity index (χ3n) is 1.43. The largest absolute Gasteiger partial charge is 0.401 e. The van der Waals surface area contributed by atoms with E-state index < -0.39 is 12.7 Å². The van der Waals surface area contributed by atoms with E-state index in [1.54, 1.807) is 0 Å². The lowest BCUT2D eigenvalue weighted by atomic mass is 10.4. The van der Waals surface area contributed by atoms with E-state index in [1.807, 2.05) is 6.26 Å². The first kappa shape index (κ1) is 13.1. The van der Waals surface area contributed by atoms with Gasteiger partial charge in [-0.25, -0.2) is 0 Å². The first-order valence-corrected chi connectivity index (χ1v) is 5.28. The van der Waals surface area contributed by atoms with Crippen LogP contribution >= 0.6 is 11.8 Å². The van der Waals surface area contributed by atoms with Crippen molar-refractivity contribution in [2.24, 2.45) is 0 Å². The monoisotopic (exact) mass is 217 g/mol. The predicted molar refractivity (Wildman–Crippen MR) is 48.0 cm³/mol. The van der Waals surface area contributed by atoms with E-state index in [0.717, 1.165) is 0 Å². The van der Waals surface area contributed by atoms with Crippen molar-refractivity contribution in [2.45, 2.75) is 6.18 Å². The molecule has 0 aromatic rings. The molecule has 0 aromatic heterocycles. The number of alkyl halides is 3. The van der Waals surface area contributed by atoms with Crippen LogP contribution in [0, 0.1) is 0 Å². The smallest absolute Gasteiger partial charge is 0.395 e. The molecule has 13 heavy (non-hydrogen) atoms. The van der Waals surface area contributed by atoms with Gasteiger partial charge in [-0.1, -0.05) is 0 Å². The van der Waals surface area contributed by atoms with Crippen molar-refractivity contribution in [2.75, 3.05) is 38.2 Å². The summed E-state index contributed by atoms with van der Waals surface area (Å²) in [6.45, 7) is -0.722. The molecule has 0 rings (SSSR count). The average molecular weight is 217 g/mol. The van der Waals surface area contributed by atoms with E-state index in [0.29, 0.717) is 12.3 Å². The lowest BCUT2D eigenvalue weighted by molar-refractivity contribution is -0.146. The van der Waals surface area contributed by atoms with E-state index >= 15 is 0 Å². The first-order chi connectivity index (χ1) is 5.99. The van der Waals surface area contributed by atoms with E-state index in [2.05, 4.69) is 0 Å². The van der Waals surface area contributed by atoms with Gasteiger partial charge in [-0.15, -0.1) is 0 Å². The molecule has 0 radical (unpaired) electrons. The lowest BCUT2D eigenvalue weighted by Crippen LogP contribution is -2.37. The maximum Gasteiger partial charge on any atom is 0.401 e. The van der Waals surface area contributed by atoms with Crippen LogP contribution < -0.4 is 0 Å². The van der Waals surface area contributed by atoms with E-state index in [9.17, 15) is 13.2 Å². The number of hydrogen-bond acceptors (Lipinski definition) is 3. The minimum absolute atomic E-state index is 0.0834. The van der Waals surface area contributed by atoms with Gasteiger partial charge in [0.25, 0.3) is 0 Å². The molecule has 1 N–H and O–H groups in total. The van der Waals surface area contributed by atoms with Crippen LogP contribution in [0.5, 0.6) is 0 Å². The summed E-state index contributed by atoms with van der Waals surface area (Å²) in [5, 5.41) is 8.52. The van der Waals surface area contributed by atoms with Crippen molar-refractivity contribution >= 4 is 11.8 Å². The highest BCUT2D eigenvalue weighted by molar-refractivity contribution is 7.98. The van der Waals surface area contributed by atoms with Gasteiger partial charge in [-0.05, 0) is 6.26 Å². The van der Waals surface area contributed by atoms with Crippen LogP contribution in [0.1, 0.15) is 0 Å². The Morgan fingerprint density at radius 2 is 1.92 bits per heavy atom. The first-order valence-electron chi connectivity index (χ1n) is 3.88. The molecular formula is C7H14F3NOS. The number of halogens is 3. The fourth-order valence-electron chi connectivity index (χ4n) is 0.885. The van der Waals surface area contributed by atoms with E-state index in [4.69, 9.17) is 5.11 Å². The standard InChI is InChI=1S/C7H14F3NOS/c1-13-5-3-11(2-4-12)6-7(8,9)10/h12H,2-6H2,1H3. The Morgan fingerprint density at radius 3 is 2.31 bits per heavy atom. The molecule has 0 unspecified atom stereocenters. The molecule has 0 heterocycles. The minimum Gasteiger partial charge on any atom is -0.395 e. The Kier molecular flexibility index (Phi) is 6.53. The minimum atomic E-state index is -4.17. The van der Waals surface area contributed by atoms with Crippen LogP contribution in [0.4, 0.5) is 13.2 Å². The Balaban J connectivity index is 3.79. The number of thioether (sulfide) groups is 1. The Hall–Kier alpha value is 0.0600. The van der Waals surface area contributed by atoms with E-state index in [1.165, 1.54) is 16.7 Å². The molecule has 0 aliphatic rings. The second kappa shape index (κ2) is 6.50. The topological polar surface area (TPSA) is 23.5 Å². The molecule has 0 aromatic carbocycles. The van der Waals surface area contributed by atoms with Gasteiger partial charge in [0.15, 0.2) is 0 Å². The molecule has 0 saturated heterocycles. The maximum atomic E-state index is 11.9. The van der Waals surface area contributed by atoms with Gasteiger partial charge in [-0.2, -0.15) is 24.9 Å². The number of nitrogens with zero attached hydrogens (tertiary/aromatic N) is 1. The predicted octanol–water partition coefficient (Wildman–Crippen LogP) is 1.21. The molecule has 80 valence electrons. The molecule has 0 amide bonds. The summed E-state index contributed by atoms with van der Waals surface area (Å²) < 4.78 is 35.8. The van der Waals surface area contributed by atoms with Gasteiger partial charge in [0.2, 0.25) is 0 Å². The third-order valence-corrected chi connectivity index (χ3v) is 2.02. The van der Waals surface area contributed by atoms with Crippen LogP contribution in [0.3, 0.4) is 0 Å². The second-order valence-corrected chi connectivity index (χ2v) is 3.59. The van der Waals surface area contributed by atoms with Crippen molar-refractivity contribution in [3.63, 3.8) is 0 Å². The Bertz CT molecular complexity index is 131. The van der Waals surface area contributed by atoms with Crippen LogP contribution in [-0.4, -0.2) is 54.4 Å². The number of hydrogen-bond donors (Lipinski definition) is 1. The van der Waals surface area contributed by atoms with Crippen molar-refractivity contribution in [3.05, 3.63) is 0 Å². The molecule has 0 spiro atoms. The van der Waals surface area contributed by atoms with Gasteiger partial charge < -0.3 is 5.11 Å². The highest BCUT2D eigenvalue weighted by atomic mass is 32.2. The molecule has 6 heteroatoms. The van der Waals surface area contributed by atoms with Crippen molar-refractivity contribution < 1.29 is 18.3 Å². The Labute approximate surface area is 80.1 Å². The molecule has 0 fully saturated rings. The molecular weight excluding hydrogens is 203 g/mol. The van der Waals surface area contributed by atoms with Gasteiger partial charge in [0.05, 0.1) is 13.2 Å². The summed E-state index contributed by atoms with van der Waals surface area (Å²) in [5.41, 5.74) is 0. The molecule has 0 bridgehead atoms. The van der Waals surface area contributed by atoms with Crippen LogP contribution in [0.15, 0.2) is 0 Å². The summed E-state index contributed by atoms with van der Waals surface area (Å²) >= 11 is 1.49. The molecule has 2 nitrogen and oxygen atoms in total. The number of aliphatic hydroxyl groups is 1. The fraction of sp³-hybridized carbons (Fsp3) is 1.00. The number of aliphatic hydroxyl groups excluding tert-OH is 1. The normalized spacial score (nSPS) is 12.5. The molecule has 0 atom stereocenters. The van der Waals surface area contributed by atoms with Crippen molar-refractivity contribution in [3.8, 4) is 0 Å². The molecule has 0 aliphatic heterocycles. The lowest BCUT2D eigenvalue weighted by Gasteiger charge is -2.21. The molecule has 0 aliphatic carbocycles. The Morgan fingerprint density at radius 1 is 1.31 bits per heavy atom. The van der Waals surface area contributed by atoms with Gasteiger partial charge in [-0.3, -0.25) is 4.90 Å². The zero-order valence-electron chi connectivity index (χ0n) is 7.47. The summed E-state index contributed by atoms with van der Waals surface area (Å²) in [6, 6.07) is 0. The SMILES string of the molecule is CSCCN(CCO)CC(F)(F)F.